The Hall–Kier alpha value is -0.590. The van der Waals surface area contributed by atoms with E-state index in [0.29, 0.717) is 5.78 Å². The van der Waals surface area contributed by atoms with Gasteiger partial charge in [-0.05, 0) is 81.1 Å². The Morgan fingerprint density at radius 3 is 2.12 bits per heavy atom. The molecule has 0 unspecified atom stereocenters. The van der Waals surface area contributed by atoms with Crippen molar-refractivity contribution in [1.29, 1.82) is 0 Å². The van der Waals surface area contributed by atoms with Crippen LogP contribution in [-0.4, -0.2) is 5.78 Å². The van der Waals surface area contributed by atoms with Crippen LogP contribution < -0.4 is 0 Å². The van der Waals surface area contributed by atoms with E-state index in [4.69, 9.17) is 0 Å². The summed E-state index contributed by atoms with van der Waals surface area (Å²) in [6, 6.07) is 0. The summed E-state index contributed by atoms with van der Waals surface area (Å²) in [4.78, 5) is 11.7. The minimum absolute atomic E-state index is 0.390. The molecule has 0 bridgehead atoms. The van der Waals surface area contributed by atoms with Gasteiger partial charge in [0.2, 0.25) is 0 Å². The van der Waals surface area contributed by atoms with Gasteiger partial charge in [0.25, 0.3) is 0 Å². The molecule has 0 heterocycles. The summed E-state index contributed by atoms with van der Waals surface area (Å²) in [5, 5.41) is 0. The minimum Gasteiger partial charge on any atom is -0.295 e. The molecule has 0 atom stereocenters. The third kappa shape index (κ3) is 5.96. The Kier molecular flexibility index (Phi) is 8.27. The summed E-state index contributed by atoms with van der Waals surface area (Å²) in [7, 11) is 0. The van der Waals surface area contributed by atoms with Crippen LogP contribution in [-0.2, 0) is 4.79 Å². The molecule has 1 nitrogen and oxygen atoms in total. The molecular formula is C25H42O. The van der Waals surface area contributed by atoms with Gasteiger partial charge in [-0.15, -0.1) is 0 Å². The molecular weight excluding hydrogens is 316 g/mol. The lowest BCUT2D eigenvalue weighted by molar-refractivity contribution is -0.115. The molecule has 2 saturated carbocycles. The molecule has 1 heteroatoms. The lowest BCUT2D eigenvalue weighted by Crippen LogP contribution is -2.26. The van der Waals surface area contributed by atoms with E-state index in [1.807, 2.05) is 6.08 Å². The highest BCUT2D eigenvalue weighted by atomic mass is 16.1. The van der Waals surface area contributed by atoms with Crippen molar-refractivity contribution in [1.82, 2.24) is 0 Å². The lowest BCUT2D eigenvalue weighted by Gasteiger charge is -2.38. The maximum Gasteiger partial charge on any atom is 0.155 e. The van der Waals surface area contributed by atoms with E-state index < -0.39 is 0 Å². The van der Waals surface area contributed by atoms with Crippen molar-refractivity contribution in [2.24, 2.45) is 23.7 Å². The van der Waals surface area contributed by atoms with Crippen molar-refractivity contribution in [3.05, 3.63) is 11.6 Å². The van der Waals surface area contributed by atoms with Crippen molar-refractivity contribution in [3.63, 3.8) is 0 Å². The Balaban J connectivity index is 1.33. The molecule has 0 aromatic rings. The van der Waals surface area contributed by atoms with E-state index in [-0.39, 0.29) is 0 Å². The van der Waals surface area contributed by atoms with Crippen molar-refractivity contribution in [2.45, 2.75) is 116 Å². The maximum atomic E-state index is 11.7. The summed E-state index contributed by atoms with van der Waals surface area (Å²) in [6.07, 6.45) is 25.4. The van der Waals surface area contributed by atoms with E-state index in [0.717, 1.165) is 36.5 Å². The van der Waals surface area contributed by atoms with E-state index in [9.17, 15) is 4.79 Å². The molecule has 26 heavy (non-hydrogen) atoms. The number of rotatable bonds is 8. The topological polar surface area (TPSA) is 17.1 Å². The minimum atomic E-state index is 0.390. The normalized spacial score (nSPS) is 33.1. The molecule has 2 fully saturated rings. The van der Waals surface area contributed by atoms with E-state index in [1.165, 1.54) is 102 Å². The van der Waals surface area contributed by atoms with Gasteiger partial charge < -0.3 is 0 Å². The summed E-state index contributed by atoms with van der Waals surface area (Å²) in [6.45, 7) is 2.31. The van der Waals surface area contributed by atoms with Crippen LogP contribution in [0.2, 0.25) is 0 Å². The number of hydrogen-bond donors (Lipinski definition) is 0. The quantitative estimate of drug-likeness (QED) is 0.407. The smallest absolute Gasteiger partial charge is 0.155 e. The van der Waals surface area contributed by atoms with E-state index >= 15 is 0 Å². The Morgan fingerprint density at radius 1 is 0.808 bits per heavy atom. The van der Waals surface area contributed by atoms with Crippen molar-refractivity contribution >= 4 is 5.78 Å². The van der Waals surface area contributed by atoms with Gasteiger partial charge in [-0.2, -0.15) is 0 Å². The highest BCUT2D eigenvalue weighted by Crippen LogP contribution is 2.44. The molecule has 3 rings (SSSR count). The second-order valence-electron chi connectivity index (χ2n) is 9.63. The molecule has 0 aromatic carbocycles. The lowest BCUT2D eigenvalue weighted by atomic mass is 9.67. The fourth-order valence-electron chi connectivity index (χ4n) is 6.09. The number of carbonyl (C=O) groups is 1. The van der Waals surface area contributed by atoms with Gasteiger partial charge in [0.05, 0.1) is 0 Å². The second-order valence-corrected chi connectivity index (χ2v) is 9.63. The van der Waals surface area contributed by atoms with Crippen LogP contribution in [0.3, 0.4) is 0 Å². The first-order chi connectivity index (χ1) is 12.8. The maximum absolute atomic E-state index is 11.7. The van der Waals surface area contributed by atoms with Crippen LogP contribution in [0.1, 0.15) is 116 Å². The van der Waals surface area contributed by atoms with Gasteiger partial charge in [0.1, 0.15) is 0 Å². The van der Waals surface area contributed by atoms with E-state index in [1.54, 1.807) is 0 Å². The summed E-state index contributed by atoms with van der Waals surface area (Å²) >= 11 is 0. The zero-order valence-corrected chi connectivity index (χ0v) is 17.3. The van der Waals surface area contributed by atoms with Crippen LogP contribution in [0.15, 0.2) is 11.6 Å². The first kappa shape index (κ1) is 20.2. The molecule has 0 radical (unpaired) electrons. The Labute approximate surface area is 162 Å². The predicted molar refractivity (Wildman–Crippen MR) is 111 cm³/mol. The Bertz CT molecular complexity index is 447. The molecule has 0 saturated heterocycles. The zero-order chi connectivity index (χ0) is 18.2. The average molecular weight is 359 g/mol. The van der Waals surface area contributed by atoms with Crippen LogP contribution in [0.4, 0.5) is 0 Å². The fraction of sp³-hybridized carbons (Fsp3) is 0.880. The standard InChI is InChI=1S/C25H42O/c1-2-3-4-5-6-8-20-11-13-21(14-12-20)22-15-17-23(18-16-22)24-9-7-10-25(26)19-24/h19-23H,2-18H2,1H3. The molecule has 0 N–H and O–H groups in total. The number of ketones is 1. The van der Waals surface area contributed by atoms with Gasteiger partial charge in [0, 0.05) is 6.42 Å². The summed E-state index contributed by atoms with van der Waals surface area (Å²) < 4.78 is 0. The first-order valence-corrected chi connectivity index (χ1v) is 12.0. The number of carbonyl (C=O) groups excluding carboxylic acids is 1. The number of unbranched alkanes of at least 4 members (excludes halogenated alkanes) is 4. The van der Waals surface area contributed by atoms with Crippen molar-refractivity contribution in [2.75, 3.05) is 0 Å². The highest BCUT2D eigenvalue weighted by Gasteiger charge is 2.32. The number of allylic oxidation sites excluding steroid dienone is 2. The molecule has 3 aliphatic carbocycles. The summed E-state index contributed by atoms with van der Waals surface area (Å²) in [5.41, 5.74) is 1.51. The van der Waals surface area contributed by atoms with Gasteiger partial charge in [-0.1, -0.05) is 63.9 Å². The van der Waals surface area contributed by atoms with Gasteiger partial charge >= 0.3 is 0 Å². The molecule has 0 spiro atoms. The van der Waals surface area contributed by atoms with Crippen molar-refractivity contribution in [3.8, 4) is 0 Å². The van der Waals surface area contributed by atoms with Crippen LogP contribution in [0.5, 0.6) is 0 Å². The Morgan fingerprint density at radius 2 is 1.46 bits per heavy atom. The van der Waals surface area contributed by atoms with E-state index in [2.05, 4.69) is 6.92 Å². The summed E-state index contributed by atoms with van der Waals surface area (Å²) in [5.74, 6) is 4.20. The number of hydrogen-bond acceptors (Lipinski definition) is 1. The molecule has 3 aliphatic rings. The van der Waals surface area contributed by atoms with Gasteiger partial charge in [-0.25, -0.2) is 0 Å². The molecule has 0 aromatic heterocycles. The predicted octanol–water partition coefficient (Wildman–Crippen LogP) is 7.64. The highest BCUT2D eigenvalue weighted by molar-refractivity contribution is 5.91. The van der Waals surface area contributed by atoms with Gasteiger partial charge in [0.15, 0.2) is 5.78 Å². The second kappa shape index (κ2) is 10.7. The first-order valence-electron chi connectivity index (χ1n) is 12.0. The molecule has 148 valence electrons. The van der Waals surface area contributed by atoms with Crippen molar-refractivity contribution < 1.29 is 4.79 Å². The average Bonchev–Trinajstić information content (AvgIpc) is 2.68. The molecule has 0 amide bonds. The van der Waals surface area contributed by atoms with Crippen LogP contribution in [0, 0.1) is 23.7 Å². The fourth-order valence-corrected chi connectivity index (χ4v) is 6.09. The third-order valence-corrected chi connectivity index (χ3v) is 7.81. The zero-order valence-electron chi connectivity index (χ0n) is 17.3. The third-order valence-electron chi connectivity index (χ3n) is 7.81. The van der Waals surface area contributed by atoms with Crippen LogP contribution >= 0.6 is 0 Å². The van der Waals surface area contributed by atoms with Crippen LogP contribution in [0.25, 0.3) is 0 Å². The molecule has 0 aliphatic heterocycles. The largest absolute Gasteiger partial charge is 0.295 e. The monoisotopic (exact) mass is 358 g/mol. The van der Waals surface area contributed by atoms with Gasteiger partial charge in [-0.3, -0.25) is 4.79 Å². The SMILES string of the molecule is CCCCCCCC1CCC(C2CCC(C3=CC(=O)CCC3)CC2)CC1.